The maximum absolute atomic E-state index is 12.4. The third-order valence-corrected chi connectivity index (χ3v) is 2.56. The van der Waals surface area contributed by atoms with E-state index in [-0.39, 0.29) is 12.4 Å². The van der Waals surface area contributed by atoms with Gasteiger partial charge in [0.1, 0.15) is 17.2 Å². The zero-order valence-corrected chi connectivity index (χ0v) is 11.8. The van der Waals surface area contributed by atoms with Crippen LogP contribution >= 0.6 is 12.4 Å². The number of nitrogens with two attached hydrogens (primary N) is 1. The first kappa shape index (κ1) is 17.7. The molecule has 0 spiro atoms. The van der Waals surface area contributed by atoms with E-state index in [4.69, 9.17) is 19.9 Å². The van der Waals surface area contributed by atoms with Crippen LogP contribution in [0.1, 0.15) is 18.0 Å². The molecule has 0 saturated carbocycles. The van der Waals surface area contributed by atoms with Gasteiger partial charge in [-0.15, -0.1) is 12.4 Å². The number of ether oxygens (including phenoxy) is 3. The number of hydrogen-bond acceptors (Lipinski definition) is 4. The number of halogens is 3. The van der Waals surface area contributed by atoms with Gasteiger partial charge in [-0.2, -0.15) is 0 Å². The lowest BCUT2D eigenvalue weighted by molar-refractivity contribution is 0.127. The van der Waals surface area contributed by atoms with Crippen molar-refractivity contribution in [2.75, 3.05) is 21.3 Å². The van der Waals surface area contributed by atoms with Crippen molar-refractivity contribution >= 4 is 12.4 Å². The molecule has 0 radical (unpaired) electrons. The number of benzene rings is 1. The summed E-state index contributed by atoms with van der Waals surface area (Å²) in [7, 11) is 4.37. The van der Waals surface area contributed by atoms with Crippen LogP contribution in [0.15, 0.2) is 12.1 Å². The third kappa shape index (κ3) is 4.40. The lowest BCUT2D eigenvalue weighted by Gasteiger charge is -2.19. The van der Waals surface area contributed by atoms with Gasteiger partial charge in [-0.05, 0) is 0 Å². The topological polar surface area (TPSA) is 53.7 Å². The highest BCUT2D eigenvalue weighted by Crippen LogP contribution is 2.39. The van der Waals surface area contributed by atoms with Gasteiger partial charge in [0, 0.05) is 24.6 Å². The SMILES string of the molecule is COc1cc(OC)c([C@@H](N)CC(F)F)c(OC)c1.Cl. The summed E-state index contributed by atoms with van der Waals surface area (Å²) in [6.07, 6.45) is -2.95. The highest BCUT2D eigenvalue weighted by Gasteiger charge is 2.22. The molecule has 0 heterocycles. The Kier molecular flexibility index (Phi) is 7.48. The van der Waals surface area contributed by atoms with Crippen molar-refractivity contribution in [3.8, 4) is 17.2 Å². The van der Waals surface area contributed by atoms with Gasteiger partial charge in [-0.1, -0.05) is 0 Å². The molecule has 0 aromatic heterocycles. The van der Waals surface area contributed by atoms with Gasteiger partial charge in [0.25, 0.3) is 0 Å². The van der Waals surface area contributed by atoms with Crippen LogP contribution in [0.25, 0.3) is 0 Å². The quantitative estimate of drug-likeness (QED) is 0.877. The standard InChI is InChI=1S/C12H17F2NO3.ClH/c1-16-7-4-9(17-2)12(10(5-7)18-3)8(15)6-11(13)14;/h4-5,8,11H,6,15H2,1-3H3;1H/t8-;/m0./s1. The number of methoxy groups -OCH3 is 3. The average Bonchev–Trinajstić information content (AvgIpc) is 2.35. The summed E-state index contributed by atoms with van der Waals surface area (Å²) in [6, 6.07) is 2.31. The van der Waals surface area contributed by atoms with E-state index < -0.39 is 18.9 Å². The van der Waals surface area contributed by atoms with Gasteiger partial charge >= 0.3 is 0 Å². The minimum Gasteiger partial charge on any atom is -0.496 e. The largest absolute Gasteiger partial charge is 0.496 e. The van der Waals surface area contributed by atoms with E-state index >= 15 is 0 Å². The minimum absolute atomic E-state index is 0. The molecule has 7 heteroatoms. The van der Waals surface area contributed by atoms with Crippen LogP contribution in [-0.2, 0) is 0 Å². The molecule has 0 aliphatic rings. The van der Waals surface area contributed by atoms with E-state index in [0.717, 1.165) is 0 Å². The zero-order valence-electron chi connectivity index (χ0n) is 11.0. The lowest BCUT2D eigenvalue weighted by Crippen LogP contribution is -2.16. The van der Waals surface area contributed by atoms with Crippen molar-refractivity contribution in [3.63, 3.8) is 0 Å². The van der Waals surface area contributed by atoms with E-state index in [1.54, 1.807) is 12.1 Å². The summed E-state index contributed by atoms with van der Waals surface area (Å²) < 4.78 is 40.2. The Hall–Kier alpha value is -1.27. The smallest absolute Gasteiger partial charge is 0.240 e. The van der Waals surface area contributed by atoms with E-state index in [0.29, 0.717) is 22.8 Å². The Morgan fingerprint density at radius 2 is 1.53 bits per heavy atom. The molecule has 0 amide bonds. The number of rotatable bonds is 6. The van der Waals surface area contributed by atoms with Crippen molar-refractivity contribution in [2.24, 2.45) is 5.73 Å². The second kappa shape index (κ2) is 8.01. The van der Waals surface area contributed by atoms with E-state index in [1.807, 2.05) is 0 Å². The van der Waals surface area contributed by atoms with Crippen LogP contribution in [0.5, 0.6) is 17.2 Å². The first-order valence-corrected chi connectivity index (χ1v) is 5.37. The Bertz CT molecular complexity index is 380. The molecule has 0 unspecified atom stereocenters. The van der Waals surface area contributed by atoms with Crippen molar-refractivity contribution in [1.29, 1.82) is 0 Å². The van der Waals surface area contributed by atoms with Crippen LogP contribution in [0.4, 0.5) is 8.78 Å². The van der Waals surface area contributed by atoms with Gasteiger partial charge in [0.15, 0.2) is 0 Å². The average molecular weight is 298 g/mol. The van der Waals surface area contributed by atoms with Crippen LogP contribution in [0.3, 0.4) is 0 Å². The first-order valence-electron chi connectivity index (χ1n) is 5.37. The molecule has 1 atom stereocenters. The fourth-order valence-electron chi connectivity index (χ4n) is 1.71. The fourth-order valence-corrected chi connectivity index (χ4v) is 1.71. The maximum Gasteiger partial charge on any atom is 0.240 e. The summed E-state index contributed by atoms with van der Waals surface area (Å²) in [5.74, 6) is 1.26. The number of alkyl halides is 2. The van der Waals surface area contributed by atoms with Gasteiger partial charge in [-0.25, -0.2) is 8.78 Å². The molecule has 1 aromatic rings. The molecule has 4 nitrogen and oxygen atoms in total. The van der Waals surface area contributed by atoms with Gasteiger partial charge in [0.05, 0.1) is 26.9 Å². The predicted octanol–water partition coefficient (Wildman–Crippen LogP) is 2.79. The van der Waals surface area contributed by atoms with Crippen LogP contribution in [-0.4, -0.2) is 27.8 Å². The first-order chi connectivity index (χ1) is 8.53. The summed E-state index contributed by atoms with van der Waals surface area (Å²) in [4.78, 5) is 0. The Morgan fingerprint density at radius 1 is 1.05 bits per heavy atom. The molecule has 110 valence electrons. The van der Waals surface area contributed by atoms with E-state index in [9.17, 15) is 8.78 Å². The highest BCUT2D eigenvalue weighted by molar-refractivity contribution is 5.85. The molecule has 2 N–H and O–H groups in total. The molecular weight excluding hydrogens is 280 g/mol. The number of hydrogen-bond donors (Lipinski definition) is 1. The molecule has 0 bridgehead atoms. The minimum atomic E-state index is -2.49. The van der Waals surface area contributed by atoms with Gasteiger partial charge in [-0.3, -0.25) is 0 Å². The highest BCUT2D eigenvalue weighted by atomic mass is 35.5. The van der Waals surface area contributed by atoms with E-state index in [1.165, 1.54) is 21.3 Å². The monoisotopic (exact) mass is 297 g/mol. The maximum atomic E-state index is 12.4. The molecule has 19 heavy (non-hydrogen) atoms. The molecule has 0 fully saturated rings. The normalized spacial score (nSPS) is 11.7. The van der Waals surface area contributed by atoms with Gasteiger partial charge in [0.2, 0.25) is 6.43 Å². The molecule has 0 aliphatic carbocycles. The Labute approximate surface area is 117 Å². The second-order valence-corrected chi connectivity index (χ2v) is 3.68. The summed E-state index contributed by atoms with van der Waals surface area (Å²) in [5.41, 5.74) is 6.18. The fraction of sp³-hybridized carbons (Fsp3) is 0.500. The summed E-state index contributed by atoms with van der Waals surface area (Å²) in [6.45, 7) is 0. The van der Waals surface area contributed by atoms with Crippen molar-refractivity contribution in [3.05, 3.63) is 17.7 Å². The van der Waals surface area contributed by atoms with Crippen LogP contribution < -0.4 is 19.9 Å². The van der Waals surface area contributed by atoms with Crippen molar-refractivity contribution in [2.45, 2.75) is 18.9 Å². The predicted molar refractivity (Wildman–Crippen MR) is 70.9 cm³/mol. The molecule has 0 aliphatic heterocycles. The van der Waals surface area contributed by atoms with Crippen molar-refractivity contribution < 1.29 is 23.0 Å². The third-order valence-electron chi connectivity index (χ3n) is 2.56. The van der Waals surface area contributed by atoms with Crippen LogP contribution in [0.2, 0.25) is 0 Å². The zero-order chi connectivity index (χ0) is 13.7. The summed E-state index contributed by atoms with van der Waals surface area (Å²) >= 11 is 0. The van der Waals surface area contributed by atoms with Crippen molar-refractivity contribution in [1.82, 2.24) is 0 Å². The Balaban J connectivity index is 0.00000324. The lowest BCUT2D eigenvalue weighted by atomic mass is 10.0. The Morgan fingerprint density at radius 3 is 1.84 bits per heavy atom. The molecular formula is C12H18ClF2NO3. The summed E-state index contributed by atoms with van der Waals surface area (Å²) in [5, 5.41) is 0. The molecule has 0 saturated heterocycles. The van der Waals surface area contributed by atoms with Gasteiger partial charge < -0.3 is 19.9 Å². The second-order valence-electron chi connectivity index (χ2n) is 3.68. The molecule has 1 aromatic carbocycles. The molecule has 1 rings (SSSR count). The van der Waals surface area contributed by atoms with Crippen LogP contribution in [0, 0.1) is 0 Å². The van der Waals surface area contributed by atoms with E-state index in [2.05, 4.69) is 0 Å².